The van der Waals surface area contributed by atoms with Crippen molar-refractivity contribution in [1.29, 1.82) is 0 Å². The lowest BCUT2D eigenvalue weighted by molar-refractivity contribution is 0.0570. The summed E-state index contributed by atoms with van der Waals surface area (Å²) in [6.07, 6.45) is 0. The fourth-order valence-electron chi connectivity index (χ4n) is 1.33. The SMILES string of the molecule is S=C1NC[C@@H]2COC[C@@H]1N2. The van der Waals surface area contributed by atoms with Gasteiger partial charge in [-0.15, -0.1) is 0 Å². The Bertz CT molecular complexity index is 162. The number of morpholine rings is 1. The Hall–Kier alpha value is -0.190. The first kappa shape index (κ1) is 6.52. The molecule has 0 saturated carbocycles. The summed E-state index contributed by atoms with van der Waals surface area (Å²) in [5.41, 5.74) is 0. The number of rotatable bonds is 0. The minimum Gasteiger partial charge on any atom is -0.378 e. The van der Waals surface area contributed by atoms with E-state index in [9.17, 15) is 0 Å². The number of thiocarbonyl (C=S) groups is 1. The molecule has 56 valence electrons. The molecule has 2 aliphatic heterocycles. The molecule has 2 bridgehead atoms. The zero-order valence-electron chi connectivity index (χ0n) is 5.59. The van der Waals surface area contributed by atoms with E-state index >= 15 is 0 Å². The van der Waals surface area contributed by atoms with E-state index in [1.165, 1.54) is 0 Å². The van der Waals surface area contributed by atoms with Crippen molar-refractivity contribution < 1.29 is 4.74 Å². The monoisotopic (exact) mass is 158 g/mol. The van der Waals surface area contributed by atoms with Crippen molar-refractivity contribution in [1.82, 2.24) is 10.6 Å². The zero-order valence-corrected chi connectivity index (χ0v) is 6.41. The van der Waals surface area contributed by atoms with Crippen molar-refractivity contribution in [2.75, 3.05) is 19.8 Å². The normalized spacial score (nSPS) is 39.0. The molecule has 3 nitrogen and oxygen atoms in total. The van der Waals surface area contributed by atoms with Gasteiger partial charge in [-0.3, -0.25) is 5.32 Å². The number of piperazine rings is 1. The molecule has 2 fully saturated rings. The molecule has 4 heteroatoms. The Morgan fingerprint density at radius 3 is 3.20 bits per heavy atom. The minimum absolute atomic E-state index is 0.266. The predicted molar refractivity (Wildman–Crippen MR) is 42.1 cm³/mol. The lowest BCUT2D eigenvalue weighted by atomic mass is 10.1. The van der Waals surface area contributed by atoms with Crippen molar-refractivity contribution >= 4 is 17.2 Å². The van der Waals surface area contributed by atoms with Crippen LogP contribution in [0.25, 0.3) is 0 Å². The summed E-state index contributed by atoms with van der Waals surface area (Å²) >= 11 is 5.06. The van der Waals surface area contributed by atoms with Gasteiger partial charge >= 0.3 is 0 Å². The Balaban J connectivity index is 2.07. The van der Waals surface area contributed by atoms with Crippen LogP contribution in [0.4, 0.5) is 0 Å². The van der Waals surface area contributed by atoms with E-state index in [2.05, 4.69) is 10.6 Å². The Morgan fingerprint density at radius 1 is 1.50 bits per heavy atom. The molecule has 2 N–H and O–H groups in total. The van der Waals surface area contributed by atoms with Crippen LogP contribution in [0.5, 0.6) is 0 Å². The lowest BCUT2D eigenvalue weighted by Gasteiger charge is -2.36. The van der Waals surface area contributed by atoms with Crippen LogP contribution in [-0.4, -0.2) is 36.8 Å². The Morgan fingerprint density at radius 2 is 2.40 bits per heavy atom. The summed E-state index contributed by atoms with van der Waals surface area (Å²) < 4.78 is 5.32. The van der Waals surface area contributed by atoms with E-state index in [1.54, 1.807) is 0 Å². The molecule has 2 aliphatic rings. The van der Waals surface area contributed by atoms with Gasteiger partial charge in [-0.1, -0.05) is 12.2 Å². The highest BCUT2D eigenvalue weighted by molar-refractivity contribution is 7.80. The average molecular weight is 158 g/mol. The second kappa shape index (κ2) is 2.45. The van der Waals surface area contributed by atoms with E-state index in [4.69, 9.17) is 17.0 Å². The second-order valence-electron chi connectivity index (χ2n) is 2.70. The van der Waals surface area contributed by atoms with Gasteiger partial charge in [-0.2, -0.15) is 0 Å². The number of hydrogen-bond acceptors (Lipinski definition) is 3. The molecule has 0 radical (unpaired) electrons. The molecule has 0 spiro atoms. The zero-order chi connectivity index (χ0) is 6.97. The van der Waals surface area contributed by atoms with Crippen LogP contribution in [0.1, 0.15) is 0 Å². The van der Waals surface area contributed by atoms with Crippen molar-refractivity contribution in [3.8, 4) is 0 Å². The molecule has 0 aromatic carbocycles. The third-order valence-corrected chi connectivity index (χ3v) is 2.31. The predicted octanol–water partition coefficient (Wildman–Crippen LogP) is -0.726. The topological polar surface area (TPSA) is 33.3 Å². The molecule has 2 atom stereocenters. The van der Waals surface area contributed by atoms with Gasteiger partial charge in [0.2, 0.25) is 0 Å². The first-order chi connectivity index (χ1) is 4.86. The molecule has 0 amide bonds. The summed E-state index contributed by atoms with van der Waals surface area (Å²) in [6.45, 7) is 2.45. The van der Waals surface area contributed by atoms with Crippen molar-refractivity contribution in [3.05, 3.63) is 0 Å². The molecule has 0 aliphatic carbocycles. The molecule has 2 heterocycles. The van der Waals surface area contributed by atoms with Gasteiger partial charge in [-0.05, 0) is 0 Å². The highest BCUT2D eigenvalue weighted by Crippen LogP contribution is 2.04. The fraction of sp³-hybridized carbons (Fsp3) is 0.833. The molecular weight excluding hydrogens is 148 g/mol. The second-order valence-corrected chi connectivity index (χ2v) is 3.14. The Labute approximate surface area is 65.1 Å². The van der Waals surface area contributed by atoms with Gasteiger partial charge in [0, 0.05) is 12.6 Å². The van der Waals surface area contributed by atoms with Crippen LogP contribution in [0.15, 0.2) is 0 Å². The van der Waals surface area contributed by atoms with Gasteiger partial charge in [0.1, 0.15) is 0 Å². The van der Waals surface area contributed by atoms with Crippen LogP contribution in [0, 0.1) is 0 Å². The van der Waals surface area contributed by atoms with Gasteiger partial charge in [0.15, 0.2) is 0 Å². The summed E-state index contributed by atoms with van der Waals surface area (Å²) in [4.78, 5) is 0.899. The number of ether oxygens (including phenoxy) is 1. The van der Waals surface area contributed by atoms with Crippen LogP contribution in [0.3, 0.4) is 0 Å². The first-order valence-electron chi connectivity index (χ1n) is 3.48. The molecule has 2 saturated heterocycles. The van der Waals surface area contributed by atoms with Gasteiger partial charge in [-0.25, -0.2) is 0 Å². The van der Waals surface area contributed by atoms with Crippen molar-refractivity contribution in [2.45, 2.75) is 12.1 Å². The number of hydrogen-bond donors (Lipinski definition) is 2. The molecule has 10 heavy (non-hydrogen) atoms. The van der Waals surface area contributed by atoms with Crippen LogP contribution in [0.2, 0.25) is 0 Å². The minimum atomic E-state index is 0.266. The summed E-state index contributed by atoms with van der Waals surface area (Å²) in [5.74, 6) is 0. The van der Waals surface area contributed by atoms with Gasteiger partial charge in [0.05, 0.1) is 24.2 Å². The van der Waals surface area contributed by atoms with E-state index in [0.717, 1.165) is 24.7 Å². The highest BCUT2D eigenvalue weighted by Gasteiger charge is 2.28. The Kier molecular flexibility index (Phi) is 1.60. The molecular formula is C6H10N2OS. The highest BCUT2D eigenvalue weighted by atomic mass is 32.1. The van der Waals surface area contributed by atoms with Crippen molar-refractivity contribution in [3.63, 3.8) is 0 Å². The first-order valence-corrected chi connectivity index (χ1v) is 3.88. The van der Waals surface area contributed by atoms with E-state index in [0.29, 0.717) is 6.04 Å². The number of fused-ring (bicyclic) bond motifs is 2. The summed E-state index contributed by atoms with van der Waals surface area (Å²) in [5, 5.41) is 6.55. The molecule has 0 unspecified atom stereocenters. The van der Waals surface area contributed by atoms with E-state index < -0.39 is 0 Å². The van der Waals surface area contributed by atoms with Gasteiger partial charge in [0.25, 0.3) is 0 Å². The fourth-order valence-corrected chi connectivity index (χ4v) is 1.54. The summed E-state index contributed by atoms with van der Waals surface area (Å²) in [6, 6.07) is 0.730. The van der Waals surface area contributed by atoms with Crippen LogP contribution in [-0.2, 0) is 4.74 Å². The van der Waals surface area contributed by atoms with Crippen molar-refractivity contribution in [2.24, 2.45) is 0 Å². The maximum atomic E-state index is 5.32. The molecule has 0 aromatic rings. The summed E-state index contributed by atoms with van der Waals surface area (Å²) in [7, 11) is 0. The quantitative estimate of drug-likeness (QED) is 0.456. The smallest absolute Gasteiger partial charge is 0.0950 e. The maximum absolute atomic E-state index is 5.32. The largest absolute Gasteiger partial charge is 0.378 e. The third kappa shape index (κ3) is 1.02. The lowest BCUT2D eigenvalue weighted by Crippen LogP contribution is -2.63. The van der Waals surface area contributed by atoms with Crippen LogP contribution < -0.4 is 10.6 Å². The maximum Gasteiger partial charge on any atom is 0.0950 e. The van der Waals surface area contributed by atoms with E-state index in [1.807, 2.05) is 0 Å². The van der Waals surface area contributed by atoms with E-state index in [-0.39, 0.29) is 6.04 Å². The van der Waals surface area contributed by atoms with Gasteiger partial charge < -0.3 is 10.1 Å². The standard InChI is InChI=1S/C6H10N2OS/c10-6-5-3-9-2-4(8-5)1-7-6/h4-5,8H,1-3H2,(H,7,10)/t4-,5+/m1/s1. The molecule has 2 rings (SSSR count). The van der Waals surface area contributed by atoms with Crippen LogP contribution >= 0.6 is 12.2 Å². The average Bonchev–Trinajstić information content (AvgIpc) is 1.99. The number of nitrogens with one attached hydrogen (secondary N) is 2. The third-order valence-electron chi connectivity index (χ3n) is 1.88. The molecule has 0 aromatic heterocycles.